The Kier molecular flexibility index (Phi) is 4.41. The Balaban J connectivity index is 1.84. The molecule has 0 radical (unpaired) electrons. The van der Waals surface area contributed by atoms with E-state index < -0.39 is 17.4 Å². The fourth-order valence-corrected chi connectivity index (χ4v) is 3.92. The molecular weight excluding hydrogens is 318 g/mol. The van der Waals surface area contributed by atoms with Crippen LogP contribution in [-0.2, 0) is 10.3 Å². The van der Waals surface area contributed by atoms with E-state index in [1.54, 1.807) is 0 Å². The van der Waals surface area contributed by atoms with Gasteiger partial charge in [0.05, 0.1) is 17.0 Å². The maximum atomic E-state index is 12.8. The number of hydrogen-bond donors (Lipinski definition) is 2. The molecule has 3 rings (SSSR count). The molecule has 1 aromatic heterocycles. The number of hydrogen-bond acceptors (Lipinski definition) is 3. The molecule has 2 N–H and O–H groups in total. The van der Waals surface area contributed by atoms with Gasteiger partial charge in [-0.3, -0.25) is 14.3 Å². The van der Waals surface area contributed by atoms with E-state index in [9.17, 15) is 14.7 Å². The van der Waals surface area contributed by atoms with Crippen LogP contribution in [0.2, 0.25) is 0 Å². The van der Waals surface area contributed by atoms with Gasteiger partial charge in [-0.05, 0) is 59.4 Å². The first-order valence-corrected chi connectivity index (χ1v) is 9.27. The van der Waals surface area contributed by atoms with Crippen molar-refractivity contribution < 1.29 is 14.7 Å². The van der Waals surface area contributed by atoms with E-state index >= 15 is 0 Å². The minimum atomic E-state index is -0.832. The van der Waals surface area contributed by atoms with Crippen molar-refractivity contribution in [2.45, 2.75) is 83.2 Å². The van der Waals surface area contributed by atoms with Gasteiger partial charge >= 0.3 is 5.97 Å². The molecule has 0 aliphatic heterocycles. The molecule has 25 heavy (non-hydrogen) atoms. The van der Waals surface area contributed by atoms with Crippen molar-refractivity contribution in [1.82, 2.24) is 15.1 Å². The van der Waals surface area contributed by atoms with Crippen LogP contribution in [0.25, 0.3) is 0 Å². The van der Waals surface area contributed by atoms with E-state index in [1.807, 2.05) is 17.7 Å². The Morgan fingerprint density at radius 2 is 1.96 bits per heavy atom. The summed E-state index contributed by atoms with van der Waals surface area (Å²) in [4.78, 5) is 24.4. The highest BCUT2D eigenvalue weighted by Gasteiger charge is 2.43. The lowest BCUT2D eigenvalue weighted by atomic mass is 9.74. The Labute approximate surface area is 149 Å². The quantitative estimate of drug-likeness (QED) is 0.875. The molecule has 2 aliphatic rings. The predicted molar refractivity (Wildman–Crippen MR) is 94.7 cm³/mol. The number of nitrogens with one attached hydrogen (secondary N) is 1. The summed E-state index contributed by atoms with van der Waals surface area (Å²) < 4.78 is 1.96. The number of aromatic nitrogens is 2. The van der Waals surface area contributed by atoms with Crippen molar-refractivity contribution in [2.24, 2.45) is 5.92 Å². The fourth-order valence-electron chi connectivity index (χ4n) is 3.92. The van der Waals surface area contributed by atoms with Crippen LogP contribution in [0.5, 0.6) is 0 Å². The first-order valence-electron chi connectivity index (χ1n) is 9.27. The number of amides is 1. The van der Waals surface area contributed by atoms with Gasteiger partial charge in [0.1, 0.15) is 5.69 Å². The second-order valence-electron chi connectivity index (χ2n) is 8.82. The van der Waals surface area contributed by atoms with E-state index in [-0.39, 0.29) is 11.4 Å². The SMILES string of the molecule is CC1(NC(=O)c2cc(C3CC3)n(C(C)(C)C)n2)CCCCC1C(=O)O. The van der Waals surface area contributed by atoms with Gasteiger partial charge in [0.25, 0.3) is 5.91 Å². The average molecular weight is 347 g/mol. The van der Waals surface area contributed by atoms with Gasteiger partial charge in [0.15, 0.2) is 0 Å². The normalized spacial score (nSPS) is 27.1. The van der Waals surface area contributed by atoms with E-state index in [0.29, 0.717) is 24.5 Å². The maximum absolute atomic E-state index is 12.8. The molecular formula is C19H29N3O3. The average Bonchev–Trinajstić information content (AvgIpc) is 3.23. The number of carboxylic acids is 1. The second-order valence-corrected chi connectivity index (χ2v) is 8.82. The lowest BCUT2D eigenvalue weighted by Crippen LogP contribution is -2.55. The zero-order valence-electron chi connectivity index (χ0n) is 15.6. The molecule has 0 aromatic carbocycles. The number of nitrogens with zero attached hydrogens (tertiary/aromatic N) is 2. The molecule has 2 atom stereocenters. The van der Waals surface area contributed by atoms with E-state index in [0.717, 1.165) is 31.4 Å². The first-order chi connectivity index (χ1) is 11.6. The summed E-state index contributed by atoms with van der Waals surface area (Å²) in [5, 5.41) is 17.1. The second kappa shape index (κ2) is 6.15. The minimum Gasteiger partial charge on any atom is -0.481 e. The third-order valence-corrected chi connectivity index (χ3v) is 5.51. The van der Waals surface area contributed by atoms with Crippen LogP contribution in [-0.4, -0.2) is 32.3 Å². The maximum Gasteiger partial charge on any atom is 0.308 e. The summed E-state index contributed by atoms with van der Waals surface area (Å²) in [6, 6.07) is 1.89. The molecule has 2 aliphatic carbocycles. The molecule has 1 aromatic rings. The Hall–Kier alpha value is -1.85. The summed E-state index contributed by atoms with van der Waals surface area (Å²) >= 11 is 0. The summed E-state index contributed by atoms with van der Waals surface area (Å²) in [7, 11) is 0. The molecule has 6 nitrogen and oxygen atoms in total. The fraction of sp³-hybridized carbons (Fsp3) is 0.737. The van der Waals surface area contributed by atoms with Crippen LogP contribution in [0.15, 0.2) is 6.07 Å². The smallest absolute Gasteiger partial charge is 0.308 e. The van der Waals surface area contributed by atoms with Gasteiger partial charge in [-0.2, -0.15) is 5.10 Å². The van der Waals surface area contributed by atoms with Crippen molar-refractivity contribution in [2.75, 3.05) is 0 Å². The molecule has 2 unspecified atom stereocenters. The van der Waals surface area contributed by atoms with Gasteiger partial charge in [0, 0.05) is 11.6 Å². The van der Waals surface area contributed by atoms with Crippen LogP contribution in [0, 0.1) is 5.92 Å². The van der Waals surface area contributed by atoms with Gasteiger partial charge in [-0.15, -0.1) is 0 Å². The number of carboxylic acid groups (broad SMARTS) is 1. The monoisotopic (exact) mass is 347 g/mol. The van der Waals surface area contributed by atoms with Crippen LogP contribution in [0.1, 0.15) is 88.3 Å². The highest BCUT2D eigenvalue weighted by atomic mass is 16.4. The zero-order valence-corrected chi connectivity index (χ0v) is 15.6. The van der Waals surface area contributed by atoms with Crippen LogP contribution < -0.4 is 5.32 Å². The highest BCUT2D eigenvalue weighted by molar-refractivity contribution is 5.93. The summed E-state index contributed by atoms with van der Waals surface area (Å²) in [5.41, 5.74) is 0.607. The summed E-state index contributed by atoms with van der Waals surface area (Å²) in [6.45, 7) is 8.09. The van der Waals surface area contributed by atoms with E-state index in [4.69, 9.17) is 0 Å². The van der Waals surface area contributed by atoms with Crippen LogP contribution in [0.4, 0.5) is 0 Å². The molecule has 138 valence electrons. The van der Waals surface area contributed by atoms with Gasteiger partial charge in [-0.25, -0.2) is 0 Å². The largest absolute Gasteiger partial charge is 0.481 e. The van der Waals surface area contributed by atoms with Crippen LogP contribution in [0.3, 0.4) is 0 Å². The van der Waals surface area contributed by atoms with E-state index in [1.165, 1.54) is 0 Å². The standard InChI is InChI=1S/C19H29N3O3/c1-18(2,3)22-15(12-8-9-12)11-14(21-22)16(23)20-19(4)10-6-5-7-13(19)17(24)25/h11-13H,5-10H2,1-4H3,(H,20,23)(H,24,25). The Morgan fingerprint density at radius 3 is 2.52 bits per heavy atom. The number of rotatable bonds is 4. The number of carbonyl (C=O) groups is 2. The van der Waals surface area contributed by atoms with Crippen molar-refractivity contribution in [1.29, 1.82) is 0 Å². The molecule has 0 saturated heterocycles. The highest BCUT2D eigenvalue weighted by Crippen LogP contribution is 2.42. The Bertz CT molecular complexity index is 685. The van der Waals surface area contributed by atoms with Gasteiger partial charge in [-0.1, -0.05) is 12.8 Å². The molecule has 2 saturated carbocycles. The van der Waals surface area contributed by atoms with Gasteiger partial charge in [0.2, 0.25) is 0 Å². The predicted octanol–water partition coefficient (Wildman–Crippen LogP) is 3.28. The van der Waals surface area contributed by atoms with Crippen LogP contribution >= 0.6 is 0 Å². The zero-order chi connectivity index (χ0) is 18.4. The number of aliphatic carboxylic acids is 1. The minimum absolute atomic E-state index is 0.186. The van der Waals surface area contributed by atoms with E-state index in [2.05, 4.69) is 31.2 Å². The first kappa shape index (κ1) is 18.0. The van der Waals surface area contributed by atoms with Crippen molar-refractivity contribution in [3.63, 3.8) is 0 Å². The number of carbonyl (C=O) groups excluding carboxylic acids is 1. The van der Waals surface area contributed by atoms with Crippen molar-refractivity contribution in [3.8, 4) is 0 Å². The molecule has 6 heteroatoms. The lowest BCUT2D eigenvalue weighted by Gasteiger charge is -2.39. The molecule has 0 spiro atoms. The lowest BCUT2D eigenvalue weighted by molar-refractivity contribution is -0.145. The molecule has 1 heterocycles. The third-order valence-electron chi connectivity index (χ3n) is 5.51. The summed E-state index contributed by atoms with van der Waals surface area (Å²) in [6.07, 6.45) is 5.40. The van der Waals surface area contributed by atoms with Crippen molar-refractivity contribution >= 4 is 11.9 Å². The molecule has 1 amide bonds. The topological polar surface area (TPSA) is 84.2 Å². The van der Waals surface area contributed by atoms with Gasteiger partial charge < -0.3 is 10.4 Å². The Morgan fingerprint density at radius 1 is 1.28 bits per heavy atom. The third kappa shape index (κ3) is 3.58. The molecule has 2 fully saturated rings. The summed E-state index contributed by atoms with van der Waals surface area (Å²) in [5.74, 6) is -1.15. The molecule has 0 bridgehead atoms. The van der Waals surface area contributed by atoms with Crippen molar-refractivity contribution in [3.05, 3.63) is 17.5 Å².